The molecule has 0 aliphatic carbocycles. The van der Waals surface area contributed by atoms with Crippen LogP contribution in [0.15, 0.2) is 47.9 Å². The van der Waals surface area contributed by atoms with Gasteiger partial charge in [-0.05, 0) is 13.0 Å². The predicted molar refractivity (Wildman–Crippen MR) is 114 cm³/mol. The van der Waals surface area contributed by atoms with E-state index in [1.165, 1.54) is 0 Å². The van der Waals surface area contributed by atoms with Crippen molar-refractivity contribution in [3.63, 3.8) is 0 Å². The normalized spacial score (nSPS) is 15.0. The number of H-pyrrole nitrogens is 1. The summed E-state index contributed by atoms with van der Waals surface area (Å²) in [6.07, 6.45) is 0. The SMILES string of the molecule is COc1cc(OC)c([C@@H]2C(C#N)=C(N)Oc3n[nH]c(-c4ccc(C)cc4)c32)cc1OC. The van der Waals surface area contributed by atoms with Crippen LogP contribution in [0.2, 0.25) is 0 Å². The Labute approximate surface area is 179 Å². The minimum atomic E-state index is -0.585. The number of nitrogens with zero attached hydrogens (tertiary/aromatic N) is 2. The van der Waals surface area contributed by atoms with Crippen molar-refractivity contribution in [1.29, 1.82) is 5.26 Å². The number of fused-ring (bicyclic) bond motifs is 1. The summed E-state index contributed by atoms with van der Waals surface area (Å²) in [7, 11) is 4.66. The molecule has 2 aromatic carbocycles. The maximum Gasteiger partial charge on any atom is 0.244 e. The molecule has 0 saturated carbocycles. The highest BCUT2D eigenvalue weighted by molar-refractivity contribution is 5.72. The fourth-order valence-corrected chi connectivity index (χ4v) is 3.77. The molecule has 0 amide bonds. The van der Waals surface area contributed by atoms with Gasteiger partial charge in [-0.2, -0.15) is 5.26 Å². The van der Waals surface area contributed by atoms with Crippen molar-refractivity contribution < 1.29 is 18.9 Å². The molecular weight excluding hydrogens is 396 g/mol. The summed E-state index contributed by atoms with van der Waals surface area (Å²) >= 11 is 0. The minimum absolute atomic E-state index is 0.00112. The number of aromatic nitrogens is 2. The molecule has 3 N–H and O–H groups in total. The van der Waals surface area contributed by atoms with E-state index in [0.717, 1.165) is 16.8 Å². The molecule has 0 fully saturated rings. The first kappa shape index (κ1) is 20.2. The zero-order chi connectivity index (χ0) is 22.1. The Morgan fingerprint density at radius 3 is 2.29 bits per heavy atom. The van der Waals surface area contributed by atoms with Crippen molar-refractivity contribution in [2.45, 2.75) is 12.8 Å². The van der Waals surface area contributed by atoms with Crippen LogP contribution in [-0.4, -0.2) is 31.5 Å². The lowest BCUT2D eigenvalue weighted by atomic mass is 9.82. The molecule has 1 atom stereocenters. The fourth-order valence-electron chi connectivity index (χ4n) is 3.77. The molecule has 2 heterocycles. The molecule has 0 spiro atoms. The fraction of sp³-hybridized carbons (Fsp3) is 0.217. The third kappa shape index (κ3) is 3.30. The number of hydrogen-bond donors (Lipinski definition) is 2. The minimum Gasteiger partial charge on any atom is -0.496 e. The molecule has 1 aliphatic heterocycles. The first-order chi connectivity index (χ1) is 15.0. The average Bonchev–Trinajstić information content (AvgIpc) is 3.20. The molecular formula is C23H22N4O4. The molecule has 8 heteroatoms. The third-order valence-corrected chi connectivity index (χ3v) is 5.33. The van der Waals surface area contributed by atoms with Gasteiger partial charge in [0.05, 0.1) is 38.5 Å². The van der Waals surface area contributed by atoms with Gasteiger partial charge in [0.25, 0.3) is 0 Å². The largest absolute Gasteiger partial charge is 0.496 e. The van der Waals surface area contributed by atoms with Crippen molar-refractivity contribution in [3.05, 3.63) is 64.5 Å². The highest BCUT2D eigenvalue weighted by atomic mass is 16.5. The van der Waals surface area contributed by atoms with E-state index in [1.807, 2.05) is 31.2 Å². The van der Waals surface area contributed by atoms with Crippen LogP contribution in [0.1, 0.15) is 22.6 Å². The Hall–Kier alpha value is -4.12. The van der Waals surface area contributed by atoms with E-state index in [-0.39, 0.29) is 11.5 Å². The van der Waals surface area contributed by atoms with Gasteiger partial charge < -0.3 is 24.7 Å². The Balaban J connectivity index is 2.00. The van der Waals surface area contributed by atoms with Gasteiger partial charge in [-0.25, -0.2) is 0 Å². The van der Waals surface area contributed by atoms with Gasteiger partial charge >= 0.3 is 0 Å². The zero-order valence-corrected chi connectivity index (χ0v) is 17.6. The van der Waals surface area contributed by atoms with Gasteiger partial charge in [0.15, 0.2) is 11.5 Å². The second kappa shape index (κ2) is 7.95. The predicted octanol–water partition coefficient (Wildman–Crippen LogP) is 3.63. The summed E-state index contributed by atoms with van der Waals surface area (Å²) in [5.41, 5.74) is 10.5. The Morgan fingerprint density at radius 2 is 1.68 bits per heavy atom. The number of allylic oxidation sites excluding steroid dienone is 1. The summed E-state index contributed by atoms with van der Waals surface area (Å²) in [6.45, 7) is 2.02. The first-order valence-electron chi connectivity index (χ1n) is 9.55. The van der Waals surface area contributed by atoms with Gasteiger partial charge in [0.2, 0.25) is 11.8 Å². The van der Waals surface area contributed by atoms with Gasteiger partial charge in [-0.15, -0.1) is 5.10 Å². The number of hydrogen-bond acceptors (Lipinski definition) is 7. The third-order valence-electron chi connectivity index (χ3n) is 5.33. The molecule has 1 aliphatic rings. The molecule has 1 aromatic heterocycles. The number of benzene rings is 2. The number of ether oxygens (including phenoxy) is 4. The molecule has 158 valence electrons. The quantitative estimate of drug-likeness (QED) is 0.650. The second-order valence-corrected chi connectivity index (χ2v) is 7.06. The number of methoxy groups -OCH3 is 3. The van der Waals surface area contributed by atoms with Crippen LogP contribution in [0.5, 0.6) is 23.1 Å². The van der Waals surface area contributed by atoms with E-state index >= 15 is 0 Å². The Kier molecular flexibility index (Phi) is 5.17. The summed E-state index contributed by atoms with van der Waals surface area (Å²) < 4.78 is 22.2. The maximum atomic E-state index is 9.95. The van der Waals surface area contributed by atoms with Crippen LogP contribution in [0.25, 0.3) is 11.3 Å². The van der Waals surface area contributed by atoms with Gasteiger partial charge in [0, 0.05) is 17.2 Å². The molecule has 0 saturated heterocycles. The molecule has 3 aromatic rings. The van der Waals surface area contributed by atoms with Crippen LogP contribution in [0.3, 0.4) is 0 Å². The van der Waals surface area contributed by atoms with Gasteiger partial charge in [-0.3, -0.25) is 5.10 Å². The number of nitrogens with one attached hydrogen (secondary N) is 1. The smallest absolute Gasteiger partial charge is 0.244 e. The summed E-state index contributed by atoms with van der Waals surface area (Å²) in [6, 6.07) is 13.7. The highest BCUT2D eigenvalue weighted by Gasteiger charge is 2.37. The summed E-state index contributed by atoms with van der Waals surface area (Å²) in [4.78, 5) is 0. The van der Waals surface area contributed by atoms with E-state index in [9.17, 15) is 5.26 Å². The van der Waals surface area contributed by atoms with Crippen molar-refractivity contribution >= 4 is 0 Å². The monoisotopic (exact) mass is 418 g/mol. The Bertz CT molecular complexity index is 1210. The average molecular weight is 418 g/mol. The van der Waals surface area contributed by atoms with Crippen molar-refractivity contribution in [1.82, 2.24) is 10.2 Å². The van der Waals surface area contributed by atoms with Crippen LogP contribution >= 0.6 is 0 Å². The van der Waals surface area contributed by atoms with E-state index in [0.29, 0.717) is 34.3 Å². The second-order valence-electron chi connectivity index (χ2n) is 7.06. The lowest BCUT2D eigenvalue weighted by molar-refractivity contribution is 0.346. The summed E-state index contributed by atoms with van der Waals surface area (Å²) in [5.74, 6) is 1.26. The number of aryl methyl sites for hydroxylation is 1. The zero-order valence-electron chi connectivity index (χ0n) is 17.6. The Morgan fingerprint density at radius 1 is 1.03 bits per heavy atom. The highest BCUT2D eigenvalue weighted by Crippen LogP contribution is 2.50. The number of nitrogens with two attached hydrogens (primary N) is 1. The van der Waals surface area contributed by atoms with E-state index < -0.39 is 5.92 Å². The lowest BCUT2D eigenvalue weighted by Gasteiger charge is -2.26. The van der Waals surface area contributed by atoms with E-state index in [1.54, 1.807) is 33.5 Å². The van der Waals surface area contributed by atoms with Crippen LogP contribution in [0.4, 0.5) is 0 Å². The summed E-state index contributed by atoms with van der Waals surface area (Å²) in [5, 5.41) is 17.3. The van der Waals surface area contributed by atoms with Crippen molar-refractivity contribution in [2.24, 2.45) is 5.73 Å². The van der Waals surface area contributed by atoms with Crippen LogP contribution in [-0.2, 0) is 0 Å². The number of rotatable bonds is 5. The molecule has 0 unspecified atom stereocenters. The lowest BCUT2D eigenvalue weighted by Crippen LogP contribution is -2.21. The number of aromatic amines is 1. The van der Waals surface area contributed by atoms with Crippen molar-refractivity contribution in [2.75, 3.05) is 21.3 Å². The first-order valence-corrected chi connectivity index (χ1v) is 9.55. The molecule has 31 heavy (non-hydrogen) atoms. The molecule has 0 bridgehead atoms. The van der Waals surface area contributed by atoms with E-state index in [2.05, 4.69) is 16.3 Å². The van der Waals surface area contributed by atoms with Crippen LogP contribution < -0.4 is 24.7 Å². The molecule has 8 nitrogen and oxygen atoms in total. The topological polar surface area (TPSA) is 115 Å². The van der Waals surface area contributed by atoms with Crippen molar-refractivity contribution in [3.8, 4) is 40.5 Å². The van der Waals surface area contributed by atoms with Gasteiger partial charge in [-0.1, -0.05) is 29.8 Å². The standard InChI is InChI=1S/C23H22N4O4/c1-12-5-7-13(8-6-12)21-20-19(15(11-24)22(25)31-23(20)27-26-21)14-9-17(29-3)18(30-4)10-16(14)28-2/h5-10,19H,25H2,1-4H3,(H,26,27)/t19-/m1/s1. The van der Waals surface area contributed by atoms with Crippen LogP contribution in [0, 0.1) is 18.3 Å². The van der Waals surface area contributed by atoms with E-state index in [4.69, 9.17) is 24.7 Å². The molecule has 0 radical (unpaired) electrons. The van der Waals surface area contributed by atoms with Gasteiger partial charge in [0.1, 0.15) is 17.4 Å². The molecule has 4 rings (SSSR count). The number of nitriles is 1. The maximum absolute atomic E-state index is 9.95.